The number of aliphatic carboxylic acids is 1. The van der Waals surface area contributed by atoms with Gasteiger partial charge in [0, 0.05) is 11.4 Å². The Bertz CT molecular complexity index is 212. The summed E-state index contributed by atoms with van der Waals surface area (Å²) in [6, 6.07) is 0. The lowest BCUT2D eigenvalue weighted by Crippen LogP contribution is -2.24. The maximum Gasteiger partial charge on any atom is 0.322 e. The summed E-state index contributed by atoms with van der Waals surface area (Å²) in [6.45, 7) is 4.00. The molecular formula is C10H20N2O2. The Morgan fingerprint density at radius 3 is 2.50 bits per heavy atom. The van der Waals surface area contributed by atoms with E-state index in [-0.39, 0.29) is 6.54 Å². The van der Waals surface area contributed by atoms with Crippen LogP contribution in [0.1, 0.15) is 39.5 Å². The van der Waals surface area contributed by atoms with Gasteiger partial charge in [0.1, 0.15) is 6.54 Å². The van der Waals surface area contributed by atoms with Crippen molar-refractivity contribution in [3.05, 3.63) is 11.4 Å². The van der Waals surface area contributed by atoms with Gasteiger partial charge in [-0.15, -0.1) is 0 Å². The van der Waals surface area contributed by atoms with E-state index in [0.717, 1.165) is 37.1 Å². The second-order valence-electron chi connectivity index (χ2n) is 3.21. The van der Waals surface area contributed by atoms with Gasteiger partial charge in [0.05, 0.1) is 0 Å². The highest BCUT2D eigenvalue weighted by Crippen LogP contribution is 2.07. The molecule has 82 valence electrons. The third kappa shape index (κ3) is 5.45. The number of rotatable bonds is 7. The molecule has 0 aromatic heterocycles. The molecule has 4 nitrogen and oxygen atoms in total. The van der Waals surface area contributed by atoms with E-state index >= 15 is 0 Å². The number of nitrogens with two attached hydrogens (primary N) is 1. The number of hydrogen-bond donors (Lipinski definition) is 3. The fourth-order valence-corrected chi connectivity index (χ4v) is 1.17. The van der Waals surface area contributed by atoms with Crippen LogP contribution < -0.4 is 11.1 Å². The van der Waals surface area contributed by atoms with Gasteiger partial charge in [0.2, 0.25) is 0 Å². The molecule has 0 saturated carbocycles. The van der Waals surface area contributed by atoms with Gasteiger partial charge in [0.15, 0.2) is 0 Å². The van der Waals surface area contributed by atoms with E-state index in [1.807, 2.05) is 6.92 Å². The van der Waals surface area contributed by atoms with Crippen molar-refractivity contribution in [3.63, 3.8) is 0 Å². The van der Waals surface area contributed by atoms with Crippen LogP contribution in [0.2, 0.25) is 0 Å². The number of nitrogens with one attached hydrogen (secondary N) is 1. The normalized spacial score (nSPS) is 12.1. The summed E-state index contributed by atoms with van der Waals surface area (Å²) in [5, 5.41) is 11.3. The minimum Gasteiger partial charge on any atom is -0.480 e. The molecule has 0 atom stereocenters. The molecule has 0 radical (unpaired) electrons. The molecule has 0 heterocycles. The van der Waals surface area contributed by atoms with Crippen LogP contribution in [-0.4, -0.2) is 17.6 Å². The smallest absolute Gasteiger partial charge is 0.322 e. The first-order valence-corrected chi connectivity index (χ1v) is 5.04. The van der Waals surface area contributed by atoms with Crippen LogP contribution in [0.15, 0.2) is 11.4 Å². The molecule has 0 aliphatic carbocycles. The molecule has 0 saturated heterocycles. The van der Waals surface area contributed by atoms with Gasteiger partial charge in [0.25, 0.3) is 0 Å². The fraction of sp³-hybridized carbons (Fsp3) is 0.700. The predicted molar refractivity (Wildman–Crippen MR) is 56.7 cm³/mol. The summed E-state index contributed by atoms with van der Waals surface area (Å²) in [5.74, 6) is -0.862. The molecule has 0 spiro atoms. The van der Waals surface area contributed by atoms with Crippen LogP contribution in [0.5, 0.6) is 0 Å². The monoisotopic (exact) mass is 200 g/mol. The minimum atomic E-state index is -0.862. The molecule has 0 aliphatic heterocycles. The quantitative estimate of drug-likeness (QED) is 0.581. The van der Waals surface area contributed by atoms with Crippen molar-refractivity contribution in [3.8, 4) is 0 Å². The topological polar surface area (TPSA) is 75.3 Å². The molecule has 0 aromatic rings. The summed E-state index contributed by atoms with van der Waals surface area (Å²) >= 11 is 0. The number of carboxylic acid groups (broad SMARTS) is 1. The van der Waals surface area contributed by atoms with Crippen molar-refractivity contribution in [2.75, 3.05) is 6.54 Å². The molecule has 4 heteroatoms. The molecule has 0 amide bonds. The Balaban J connectivity index is 4.12. The zero-order valence-corrected chi connectivity index (χ0v) is 8.97. The second kappa shape index (κ2) is 7.24. The van der Waals surface area contributed by atoms with Crippen LogP contribution in [0.4, 0.5) is 0 Å². The Morgan fingerprint density at radius 1 is 1.43 bits per heavy atom. The highest BCUT2D eigenvalue weighted by molar-refractivity contribution is 5.69. The van der Waals surface area contributed by atoms with Gasteiger partial charge in [-0.2, -0.15) is 0 Å². The molecule has 0 aromatic carbocycles. The number of hydrogen-bond acceptors (Lipinski definition) is 3. The molecule has 0 unspecified atom stereocenters. The van der Waals surface area contributed by atoms with Crippen LogP contribution in [-0.2, 0) is 4.79 Å². The molecule has 14 heavy (non-hydrogen) atoms. The Kier molecular flexibility index (Phi) is 6.62. The van der Waals surface area contributed by atoms with Gasteiger partial charge >= 0.3 is 5.97 Å². The third-order valence-corrected chi connectivity index (χ3v) is 1.99. The highest BCUT2D eigenvalue weighted by atomic mass is 16.4. The molecule has 4 N–H and O–H groups in total. The van der Waals surface area contributed by atoms with Gasteiger partial charge in [-0.1, -0.05) is 20.3 Å². The van der Waals surface area contributed by atoms with E-state index < -0.39 is 5.97 Å². The minimum absolute atomic E-state index is 0.0595. The van der Waals surface area contributed by atoms with Crippen molar-refractivity contribution in [1.29, 1.82) is 0 Å². The van der Waals surface area contributed by atoms with E-state index in [4.69, 9.17) is 10.8 Å². The summed E-state index contributed by atoms with van der Waals surface area (Å²) in [6.07, 6.45) is 3.73. The zero-order chi connectivity index (χ0) is 11.0. The standard InChI is InChI=1S/C10H20N2O2/c1-3-5-6-8(11)9(4-2)12-7-10(13)14/h12H,3-7,11H2,1-2H3,(H,13,14)/b9-8-. The number of carbonyl (C=O) groups is 1. The van der Waals surface area contributed by atoms with Crippen LogP contribution >= 0.6 is 0 Å². The first kappa shape index (κ1) is 12.8. The Labute approximate surface area is 85.2 Å². The average Bonchev–Trinajstić information content (AvgIpc) is 2.15. The maximum atomic E-state index is 10.3. The first-order chi connectivity index (χ1) is 6.61. The van der Waals surface area contributed by atoms with E-state index in [1.54, 1.807) is 0 Å². The first-order valence-electron chi connectivity index (χ1n) is 5.04. The lowest BCUT2D eigenvalue weighted by Gasteiger charge is -2.11. The van der Waals surface area contributed by atoms with Crippen molar-refractivity contribution in [1.82, 2.24) is 5.32 Å². The number of allylic oxidation sites excluding steroid dienone is 2. The van der Waals surface area contributed by atoms with Crippen LogP contribution in [0, 0.1) is 0 Å². The van der Waals surface area contributed by atoms with Gasteiger partial charge < -0.3 is 16.2 Å². The molecule has 0 rings (SSSR count). The predicted octanol–water partition coefficient (Wildman–Crippen LogP) is 1.43. The number of carboxylic acids is 1. The van der Waals surface area contributed by atoms with E-state index in [2.05, 4.69) is 12.2 Å². The Hall–Kier alpha value is -1.19. The SMILES string of the molecule is CCCC/C(N)=C(\CC)NCC(=O)O. The van der Waals surface area contributed by atoms with Crippen molar-refractivity contribution in [2.24, 2.45) is 5.73 Å². The van der Waals surface area contributed by atoms with Crippen molar-refractivity contribution < 1.29 is 9.90 Å². The maximum absolute atomic E-state index is 10.3. The van der Waals surface area contributed by atoms with Crippen molar-refractivity contribution in [2.45, 2.75) is 39.5 Å². The van der Waals surface area contributed by atoms with E-state index in [1.165, 1.54) is 0 Å². The van der Waals surface area contributed by atoms with E-state index in [9.17, 15) is 4.79 Å². The summed E-state index contributed by atoms with van der Waals surface area (Å²) in [7, 11) is 0. The molecule has 0 fully saturated rings. The summed E-state index contributed by atoms with van der Waals surface area (Å²) < 4.78 is 0. The van der Waals surface area contributed by atoms with Gasteiger partial charge in [-0.05, 0) is 19.3 Å². The molecule has 0 aliphatic rings. The lowest BCUT2D eigenvalue weighted by molar-refractivity contribution is -0.135. The van der Waals surface area contributed by atoms with Crippen LogP contribution in [0.3, 0.4) is 0 Å². The van der Waals surface area contributed by atoms with Crippen LogP contribution in [0.25, 0.3) is 0 Å². The highest BCUT2D eigenvalue weighted by Gasteiger charge is 2.02. The Morgan fingerprint density at radius 2 is 2.07 bits per heavy atom. The summed E-state index contributed by atoms with van der Waals surface area (Å²) in [5.41, 5.74) is 7.47. The summed E-state index contributed by atoms with van der Waals surface area (Å²) in [4.78, 5) is 10.3. The largest absolute Gasteiger partial charge is 0.480 e. The fourth-order valence-electron chi connectivity index (χ4n) is 1.17. The second-order valence-corrected chi connectivity index (χ2v) is 3.21. The average molecular weight is 200 g/mol. The lowest BCUT2D eigenvalue weighted by atomic mass is 10.1. The third-order valence-electron chi connectivity index (χ3n) is 1.99. The number of unbranched alkanes of at least 4 members (excludes halogenated alkanes) is 1. The van der Waals surface area contributed by atoms with Gasteiger partial charge in [-0.3, -0.25) is 4.79 Å². The molecular weight excluding hydrogens is 180 g/mol. The zero-order valence-electron chi connectivity index (χ0n) is 8.97. The van der Waals surface area contributed by atoms with E-state index in [0.29, 0.717) is 0 Å². The van der Waals surface area contributed by atoms with Crippen molar-refractivity contribution >= 4 is 5.97 Å². The van der Waals surface area contributed by atoms with Gasteiger partial charge in [-0.25, -0.2) is 0 Å². The molecule has 0 bridgehead atoms.